The quantitative estimate of drug-likeness (QED) is 0.792. The summed E-state index contributed by atoms with van der Waals surface area (Å²) >= 11 is 0. The highest BCUT2D eigenvalue weighted by atomic mass is 16.4. The lowest BCUT2D eigenvalue weighted by molar-refractivity contribution is -0.148. The lowest BCUT2D eigenvalue weighted by Gasteiger charge is -2.43. The molecular formula is C13H23N3O3. The van der Waals surface area contributed by atoms with E-state index in [-0.39, 0.29) is 6.03 Å². The van der Waals surface area contributed by atoms with Crippen molar-refractivity contribution in [2.75, 3.05) is 26.7 Å². The maximum Gasteiger partial charge on any atom is 0.329 e. The van der Waals surface area contributed by atoms with Crippen LogP contribution in [0.4, 0.5) is 4.79 Å². The molecule has 1 aliphatic carbocycles. The number of urea groups is 1. The largest absolute Gasteiger partial charge is 0.480 e. The van der Waals surface area contributed by atoms with Crippen LogP contribution in [0.25, 0.3) is 0 Å². The van der Waals surface area contributed by atoms with Gasteiger partial charge in [0.05, 0.1) is 0 Å². The van der Waals surface area contributed by atoms with E-state index in [1.165, 1.54) is 0 Å². The van der Waals surface area contributed by atoms with Crippen LogP contribution >= 0.6 is 0 Å². The highest BCUT2D eigenvalue weighted by molar-refractivity contribution is 5.87. The molecule has 1 heterocycles. The van der Waals surface area contributed by atoms with Gasteiger partial charge in [-0.15, -0.1) is 0 Å². The van der Waals surface area contributed by atoms with E-state index in [1.54, 1.807) is 4.90 Å². The van der Waals surface area contributed by atoms with Gasteiger partial charge < -0.3 is 15.3 Å². The second-order valence-electron chi connectivity index (χ2n) is 5.66. The summed E-state index contributed by atoms with van der Waals surface area (Å²) < 4.78 is 0. The van der Waals surface area contributed by atoms with Crippen molar-refractivity contribution in [1.29, 1.82) is 0 Å². The molecule has 1 aliphatic heterocycles. The van der Waals surface area contributed by atoms with Gasteiger partial charge in [-0.1, -0.05) is 6.92 Å². The molecule has 1 unspecified atom stereocenters. The third kappa shape index (κ3) is 2.68. The van der Waals surface area contributed by atoms with Gasteiger partial charge in [-0.25, -0.2) is 9.59 Å². The molecule has 0 aromatic carbocycles. The predicted octanol–water partition coefficient (Wildman–Crippen LogP) is 0.729. The number of piperazine rings is 1. The second kappa shape index (κ2) is 5.36. The number of carbonyl (C=O) groups is 2. The summed E-state index contributed by atoms with van der Waals surface area (Å²) in [5, 5.41) is 12.0. The first-order chi connectivity index (χ1) is 8.98. The van der Waals surface area contributed by atoms with E-state index in [0.717, 1.165) is 19.4 Å². The minimum atomic E-state index is -1.01. The van der Waals surface area contributed by atoms with E-state index < -0.39 is 11.5 Å². The van der Waals surface area contributed by atoms with Crippen LogP contribution in [0.3, 0.4) is 0 Å². The molecule has 2 N–H and O–H groups in total. The molecule has 0 aromatic rings. The Morgan fingerprint density at radius 1 is 1.37 bits per heavy atom. The third-order valence-corrected chi connectivity index (χ3v) is 4.50. The van der Waals surface area contributed by atoms with Gasteiger partial charge in [0.15, 0.2) is 0 Å². The summed E-state index contributed by atoms with van der Waals surface area (Å²) in [5.41, 5.74) is -1.01. The monoisotopic (exact) mass is 269 g/mol. The number of carboxylic acid groups (broad SMARTS) is 1. The molecule has 2 rings (SSSR count). The molecule has 108 valence electrons. The Balaban J connectivity index is 1.95. The van der Waals surface area contributed by atoms with Crippen LogP contribution in [0.15, 0.2) is 0 Å². The number of nitrogens with one attached hydrogen (secondary N) is 1. The molecular weight excluding hydrogens is 246 g/mol. The molecule has 2 aliphatic rings. The van der Waals surface area contributed by atoms with Crippen LogP contribution in [0.1, 0.15) is 32.6 Å². The average Bonchev–Trinajstić information content (AvgIpc) is 2.33. The van der Waals surface area contributed by atoms with Gasteiger partial charge in [0.1, 0.15) is 5.54 Å². The van der Waals surface area contributed by atoms with Gasteiger partial charge in [-0.2, -0.15) is 0 Å². The van der Waals surface area contributed by atoms with Gasteiger partial charge in [-0.3, -0.25) is 4.90 Å². The molecule has 2 amide bonds. The molecule has 0 radical (unpaired) electrons. The fraction of sp³-hybridized carbons (Fsp3) is 0.846. The van der Waals surface area contributed by atoms with Crippen molar-refractivity contribution >= 4 is 12.0 Å². The van der Waals surface area contributed by atoms with Crippen LogP contribution in [-0.2, 0) is 4.79 Å². The van der Waals surface area contributed by atoms with E-state index in [2.05, 4.69) is 24.2 Å². The van der Waals surface area contributed by atoms with Gasteiger partial charge in [-0.05, 0) is 32.7 Å². The standard InChI is InChI=1S/C13H23N3O3/c1-3-10-9-16(8-7-15(10)2)12(19)14-13(11(17)18)5-4-6-13/h10H,3-9H2,1-2H3,(H,14,19)(H,17,18). The van der Waals surface area contributed by atoms with Crippen molar-refractivity contribution in [3.05, 3.63) is 0 Å². The zero-order valence-corrected chi connectivity index (χ0v) is 11.7. The Bertz CT molecular complexity index is 368. The Morgan fingerprint density at radius 3 is 2.53 bits per heavy atom. The summed E-state index contributed by atoms with van der Waals surface area (Å²) in [6.45, 7) is 4.28. The van der Waals surface area contributed by atoms with Crippen molar-refractivity contribution in [3.8, 4) is 0 Å². The normalized spacial score (nSPS) is 26.6. The summed E-state index contributed by atoms with van der Waals surface area (Å²) in [4.78, 5) is 27.5. The number of amides is 2. The molecule has 0 bridgehead atoms. The van der Waals surface area contributed by atoms with Crippen molar-refractivity contribution in [3.63, 3.8) is 0 Å². The topological polar surface area (TPSA) is 72.9 Å². The molecule has 1 atom stereocenters. The first-order valence-corrected chi connectivity index (χ1v) is 6.99. The third-order valence-electron chi connectivity index (χ3n) is 4.50. The minimum Gasteiger partial charge on any atom is -0.480 e. The molecule has 1 saturated carbocycles. The number of hydrogen-bond acceptors (Lipinski definition) is 3. The highest BCUT2D eigenvalue weighted by Gasteiger charge is 2.46. The number of carbonyl (C=O) groups excluding carboxylic acids is 1. The lowest BCUT2D eigenvalue weighted by Crippen LogP contribution is -2.64. The van der Waals surface area contributed by atoms with Crippen LogP contribution in [0, 0.1) is 0 Å². The smallest absolute Gasteiger partial charge is 0.329 e. The Kier molecular flexibility index (Phi) is 3.99. The molecule has 0 spiro atoms. The minimum absolute atomic E-state index is 0.228. The molecule has 6 nitrogen and oxygen atoms in total. The molecule has 19 heavy (non-hydrogen) atoms. The predicted molar refractivity (Wildman–Crippen MR) is 71.0 cm³/mol. The van der Waals surface area contributed by atoms with E-state index in [1.807, 2.05) is 0 Å². The number of rotatable bonds is 3. The Hall–Kier alpha value is -1.30. The van der Waals surface area contributed by atoms with Gasteiger partial charge >= 0.3 is 12.0 Å². The second-order valence-corrected chi connectivity index (χ2v) is 5.66. The van der Waals surface area contributed by atoms with E-state index in [4.69, 9.17) is 0 Å². The van der Waals surface area contributed by atoms with Gasteiger partial charge in [0.2, 0.25) is 0 Å². The zero-order valence-electron chi connectivity index (χ0n) is 11.7. The van der Waals surface area contributed by atoms with Crippen molar-refractivity contribution in [1.82, 2.24) is 15.1 Å². The van der Waals surface area contributed by atoms with Gasteiger partial charge in [0.25, 0.3) is 0 Å². The number of aliphatic carboxylic acids is 1. The van der Waals surface area contributed by atoms with Crippen LogP contribution in [0.2, 0.25) is 0 Å². The fourth-order valence-electron chi connectivity index (χ4n) is 2.78. The average molecular weight is 269 g/mol. The number of likely N-dealkylation sites (N-methyl/N-ethyl adjacent to an activating group) is 1. The number of hydrogen-bond donors (Lipinski definition) is 2. The van der Waals surface area contributed by atoms with E-state index in [0.29, 0.717) is 32.0 Å². The van der Waals surface area contributed by atoms with Crippen LogP contribution in [0.5, 0.6) is 0 Å². The Morgan fingerprint density at radius 2 is 2.05 bits per heavy atom. The van der Waals surface area contributed by atoms with Crippen molar-refractivity contribution in [2.45, 2.75) is 44.2 Å². The van der Waals surface area contributed by atoms with Crippen molar-refractivity contribution in [2.24, 2.45) is 0 Å². The van der Waals surface area contributed by atoms with E-state index in [9.17, 15) is 14.7 Å². The summed E-state index contributed by atoms with van der Waals surface area (Å²) in [6, 6.07) is 0.135. The maximum absolute atomic E-state index is 12.2. The molecule has 2 fully saturated rings. The number of nitrogens with zero attached hydrogens (tertiary/aromatic N) is 2. The molecule has 6 heteroatoms. The van der Waals surface area contributed by atoms with Crippen molar-refractivity contribution < 1.29 is 14.7 Å². The van der Waals surface area contributed by atoms with Crippen LogP contribution < -0.4 is 5.32 Å². The summed E-state index contributed by atoms with van der Waals surface area (Å²) in [7, 11) is 2.06. The SMILES string of the molecule is CCC1CN(C(=O)NC2(C(=O)O)CCC2)CCN1C. The maximum atomic E-state index is 12.2. The fourth-order valence-corrected chi connectivity index (χ4v) is 2.78. The lowest BCUT2D eigenvalue weighted by atomic mass is 9.77. The zero-order chi connectivity index (χ0) is 14.0. The molecule has 0 aromatic heterocycles. The first-order valence-electron chi connectivity index (χ1n) is 6.99. The Labute approximate surface area is 113 Å². The highest BCUT2D eigenvalue weighted by Crippen LogP contribution is 2.32. The van der Waals surface area contributed by atoms with Crippen LogP contribution in [-0.4, -0.2) is 65.2 Å². The summed E-state index contributed by atoms with van der Waals surface area (Å²) in [6.07, 6.45) is 2.94. The molecule has 1 saturated heterocycles. The van der Waals surface area contributed by atoms with Gasteiger partial charge in [0, 0.05) is 25.7 Å². The number of carboxylic acids is 1. The van der Waals surface area contributed by atoms with E-state index >= 15 is 0 Å². The first kappa shape index (κ1) is 14.1. The summed E-state index contributed by atoms with van der Waals surface area (Å²) in [5.74, 6) is -0.909.